The van der Waals surface area contributed by atoms with Gasteiger partial charge < -0.3 is 5.73 Å². The number of halogens is 1. The average Bonchev–Trinajstić information content (AvgIpc) is 2.18. The smallest absolute Gasteiger partial charge is 0.223 e. The minimum Gasteiger partial charge on any atom is -0.368 e. The summed E-state index contributed by atoms with van der Waals surface area (Å²) in [5, 5.41) is 0. The Hall–Kier alpha value is -2.04. The predicted molar refractivity (Wildman–Crippen MR) is 49.6 cm³/mol. The lowest BCUT2D eigenvalue weighted by molar-refractivity contribution is 0.630. The summed E-state index contributed by atoms with van der Waals surface area (Å²) in [5.41, 5.74) is 5.68. The number of hydrogen-bond donors (Lipinski definition) is 1. The Kier molecular flexibility index (Phi) is 2.06. The van der Waals surface area contributed by atoms with Crippen molar-refractivity contribution in [1.29, 1.82) is 0 Å². The number of nitrogens with two attached hydrogens (primary N) is 1. The minimum absolute atomic E-state index is 0.0817. The van der Waals surface area contributed by atoms with E-state index in [1.165, 1.54) is 12.4 Å². The van der Waals surface area contributed by atoms with Crippen molar-refractivity contribution in [3.8, 4) is 11.4 Å². The van der Waals surface area contributed by atoms with Crippen LogP contribution in [0.4, 0.5) is 10.3 Å². The van der Waals surface area contributed by atoms with Gasteiger partial charge in [0.2, 0.25) is 5.95 Å². The number of aromatic nitrogens is 3. The zero-order valence-electron chi connectivity index (χ0n) is 7.18. The molecule has 1 aromatic carbocycles. The van der Waals surface area contributed by atoms with E-state index in [-0.39, 0.29) is 17.6 Å². The van der Waals surface area contributed by atoms with Crippen LogP contribution < -0.4 is 5.73 Å². The van der Waals surface area contributed by atoms with E-state index >= 15 is 0 Å². The molecule has 2 N–H and O–H groups in total. The molecular weight excluding hydrogens is 183 g/mol. The normalized spacial score (nSPS) is 10.1. The van der Waals surface area contributed by atoms with Crippen LogP contribution in [0.15, 0.2) is 30.6 Å². The van der Waals surface area contributed by atoms with Gasteiger partial charge in [-0.25, -0.2) is 14.4 Å². The van der Waals surface area contributed by atoms with Gasteiger partial charge in [-0.15, -0.1) is 0 Å². The summed E-state index contributed by atoms with van der Waals surface area (Å²) in [5.74, 6) is -0.0491. The van der Waals surface area contributed by atoms with E-state index in [1.807, 2.05) is 0 Å². The van der Waals surface area contributed by atoms with Crippen LogP contribution in [-0.2, 0) is 0 Å². The Morgan fingerprint density at radius 2 is 1.93 bits per heavy atom. The molecule has 0 aliphatic rings. The highest BCUT2D eigenvalue weighted by Gasteiger charge is 2.06. The number of benzene rings is 1. The molecule has 0 atom stereocenters. The standard InChI is InChI=1S/C9H7FN4/c10-7-4-2-1-3-6(7)8-12-5-13-9(11)14-8/h1-5H,(H2,11,12,13,14). The van der Waals surface area contributed by atoms with Crippen molar-refractivity contribution in [2.24, 2.45) is 0 Å². The van der Waals surface area contributed by atoms with E-state index in [4.69, 9.17) is 5.73 Å². The molecule has 0 saturated carbocycles. The van der Waals surface area contributed by atoms with Gasteiger partial charge in [0.15, 0.2) is 5.82 Å². The van der Waals surface area contributed by atoms with E-state index in [9.17, 15) is 4.39 Å². The first-order chi connectivity index (χ1) is 6.77. The Morgan fingerprint density at radius 3 is 2.64 bits per heavy atom. The Bertz CT molecular complexity index is 458. The number of hydrogen-bond acceptors (Lipinski definition) is 4. The lowest BCUT2D eigenvalue weighted by atomic mass is 10.2. The van der Waals surface area contributed by atoms with E-state index in [1.54, 1.807) is 18.2 Å². The topological polar surface area (TPSA) is 64.7 Å². The van der Waals surface area contributed by atoms with Gasteiger partial charge in [0, 0.05) is 0 Å². The molecule has 0 amide bonds. The molecule has 0 fully saturated rings. The maximum absolute atomic E-state index is 13.3. The summed E-state index contributed by atoms with van der Waals surface area (Å²) in [6.07, 6.45) is 1.25. The first kappa shape index (κ1) is 8.55. The molecule has 1 aromatic heterocycles. The zero-order valence-corrected chi connectivity index (χ0v) is 7.18. The van der Waals surface area contributed by atoms with Gasteiger partial charge in [-0.2, -0.15) is 4.98 Å². The molecule has 14 heavy (non-hydrogen) atoms. The zero-order chi connectivity index (χ0) is 9.97. The Balaban J connectivity index is 2.55. The van der Waals surface area contributed by atoms with E-state index < -0.39 is 0 Å². The molecule has 0 aliphatic heterocycles. The maximum atomic E-state index is 13.3. The summed E-state index contributed by atoms with van der Waals surface area (Å²) in [6.45, 7) is 0. The molecule has 2 aromatic rings. The number of rotatable bonds is 1. The fourth-order valence-corrected chi connectivity index (χ4v) is 1.08. The quantitative estimate of drug-likeness (QED) is 0.735. The highest BCUT2D eigenvalue weighted by molar-refractivity contribution is 5.55. The van der Waals surface area contributed by atoms with Gasteiger partial charge in [0.05, 0.1) is 5.56 Å². The summed E-state index contributed by atoms with van der Waals surface area (Å²) in [6, 6.07) is 6.24. The van der Waals surface area contributed by atoms with Gasteiger partial charge in [-0.3, -0.25) is 0 Å². The largest absolute Gasteiger partial charge is 0.368 e. The van der Waals surface area contributed by atoms with Gasteiger partial charge in [-0.1, -0.05) is 12.1 Å². The fraction of sp³-hybridized carbons (Fsp3) is 0. The van der Waals surface area contributed by atoms with Crippen molar-refractivity contribution < 1.29 is 4.39 Å². The van der Waals surface area contributed by atoms with Crippen LogP contribution in [0.5, 0.6) is 0 Å². The Morgan fingerprint density at radius 1 is 1.14 bits per heavy atom. The van der Waals surface area contributed by atoms with Crippen molar-refractivity contribution in [3.63, 3.8) is 0 Å². The third-order valence-electron chi connectivity index (χ3n) is 1.71. The molecule has 0 aliphatic carbocycles. The molecule has 0 spiro atoms. The van der Waals surface area contributed by atoms with Gasteiger partial charge in [0.25, 0.3) is 0 Å². The van der Waals surface area contributed by atoms with Crippen LogP contribution in [-0.4, -0.2) is 15.0 Å². The molecule has 0 unspecified atom stereocenters. The van der Waals surface area contributed by atoms with E-state index in [0.29, 0.717) is 5.56 Å². The van der Waals surface area contributed by atoms with Gasteiger partial charge in [-0.05, 0) is 12.1 Å². The van der Waals surface area contributed by atoms with Crippen LogP contribution in [0.3, 0.4) is 0 Å². The maximum Gasteiger partial charge on any atom is 0.223 e. The van der Waals surface area contributed by atoms with Crippen molar-refractivity contribution in [1.82, 2.24) is 15.0 Å². The number of nitrogens with zero attached hydrogens (tertiary/aromatic N) is 3. The van der Waals surface area contributed by atoms with Crippen LogP contribution in [0, 0.1) is 5.82 Å². The third-order valence-corrected chi connectivity index (χ3v) is 1.71. The van der Waals surface area contributed by atoms with Crippen LogP contribution in [0.25, 0.3) is 11.4 Å². The molecular formula is C9H7FN4. The predicted octanol–water partition coefficient (Wildman–Crippen LogP) is 1.26. The lowest BCUT2D eigenvalue weighted by Gasteiger charge is -2.00. The fourth-order valence-electron chi connectivity index (χ4n) is 1.08. The van der Waals surface area contributed by atoms with Crippen molar-refractivity contribution in [2.45, 2.75) is 0 Å². The minimum atomic E-state index is -0.377. The second kappa shape index (κ2) is 3.37. The van der Waals surface area contributed by atoms with Crippen molar-refractivity contribution in [2.75, 3.05) is 5.73 Å². The highest BCUT2D eigenvalue weighted by atomic mass is 19.1. The average molecular weight is 190 g/mol. The summed E-state index contributed by atoms with van der Waals surface area (Å²) in [4.78, 5) is 11.3. The van der Waals surface area contributed by atoms with Crippen LogP contribution in [0.2, 0.25) is 0 Å². The first-order valence-electron chi connectivity index (χ1n) is 3.97. The Labute approximate surface area is 79.7 Å². The summed E-state index contributed by atoms with van der Waals surface area (Å²) in [7, 11) is 0. The van der Waals surface area contributed by atoms with Gasteiger partial charge >= 0.3 is 0 Å². The molecule has 0 radical (unpaired) electrons. The summed E-state index contributed by atoms with van der Waals surface area (Å²) >= 11 is 0. The molecule has 1 heterocycles. The third kappa shape index (κ3) is 1.52. The van der Waals surface area contributed by atoms with Crippen LogP contribution in [0.1, 0.15) is 0 Å². The van der Waals surface area contributed by atoms with E-state index in [2.05, 4.69) is 15.0 Å². The molecule has 70 valence electrons. The highest BCUT2D eigenvalue weighted by Crippen LogP contribution is 2.17. The van der Waals surface area contributed by atoms with Crippen LogP contribution >= 0.6 is 0 Å². The second-order valence-electron chi connectivity index (χ2n) is 2.65. The summed E-state index contributed by atoms with van der Waals surface area (Å²) < 4.78 is 13.3. The molecule has 5 heteroatoms. The molecule has 0 saturated heterocycles. The first-order valence-corrected chi connectivity index (χ1v) is 3.97. The van der Waals surface area contributed by atoms with E-state index in [0.717, 1.165) is 0 Å². The molecule has 4 nitrogen and oxygen atoms in total. The monoisotopic (exact) mass is 190 g/mol. The van der Waals surface area contributed by atoms with Crippen molar-refractivity contribution in [3.05, 3.63) is 36.4 Å². The second-order valence-corrected chi connectivity index (χ2v) is 2.65. The SMILES string of the molecule is Nc1ncnc(-c2ccccc2F)n1. The molecule has 0 bridgehead atoms. The number of anilines is 1. The van der Waals surface area contributed by atoms with Gasteiger partial charge in [0.1, 0.15) is 12.1 Å². The van der Waals surface area contributed by atoms with Crippen molar-refractivity contribution >= 4 is 5.95 Å². The molecule has 2 rings (SSSR count). The number of nitrogen functional groups attached to an aromatic ring is 1. The lowest BCUT2D eigenvalue weighted by Crippen LogP contribution is -1.99.